The molecular weight excluding hydrogens is 386 g/mol. The lowest BCUT2D eigenvalue weighted by atomic mass is 10.1. The van der Waals surface area contributed by atoms with Crippen molar-refractivity contribution in [1.29, 1.82) is 0 Å². The summed E-state index contributed by atoms with van der Waals surface area (Å²) < 4.78 is 16.1. The van der Waals surface area contributed by atoms with Crippen LogP contribution in [0.5, 0.6) is 5.75 Å². The Kier molecular flexibility index (Phi) is 5.10. The van der Waals surface area contributed by atoms with E-state index in [9.17, 15) is 14.4 Å². The molecule has 4 aromatic rings. The zero-order chi connectivity index (χ0) is 21.3. The van der Waals surface area contributed by atoms with Crippen LogP contribution in [0.25, 0.3) is 21.9 Å². The molecule has 0 atom stereocenters. The number of ether oxygens (including phenoxy) is 1. The summed E-state index contributed by atoms with van der Waals surface area (Å²) in [5.41, 5.74) is -0.0489. The van der Waals surface area contributed by atoms with Crippen LogP contribution in [-0.4, -0.2) is 18.4 Å². The summed E-state index contributed by atoms with van der Waals surface area (Å²) in [4.78, 5) is 36.8. The molecule has 2 aromatic carbocycles. The van der Waals surface area contributed by atoms with Gasteiger partial charge in [0.25, 0.3) is 5.91 Å². The molecule has 0 aliphatic heterocycles. The fourth-order valence-corrected chi connectivity index (χ4v) is 2.95. The van der Waals surface area contributed by atoms with Crippen molar-refractivity contribution in [3.8, 4) is 5.75 Å². The van der Waals surface area contributed by atoms with Gasteiger partial charge in [0.05, 0.1) is 0 Å². The van der Waals surface area contributed by atoms with Gasteiger partial charge in [-0.1, -0.05) is 32.0 Å². The minimum absolute atomic E-state index is 0.0647. The average Bonchev–Trinajstić information content (AvgIpc) is 3.16. The van der Waals surface area contributed by atoms with Gasteiger partial charge in [-0.15, -0.1) is 0 Å². The lowest BCUT2D eigenvalue weighted by Crippen LogP contribution is -2.31. The Morgan fingerprint density at radius 1 is 0.967 bits per heavy atom. The first-order valence-electron chi connectivity index (χ1n) is 9.47. The van der Waals surface area contributed by atoms with Gasteiger partial charge >= 0.3 is 11.6 Å². The number of nitrogens with one attached hydrogen (secondary N) is 1. The Bertz CT molecular complexity index is 1280. The molecule has 0 saturated heterocycles. The van der Waals surface area contributed by atoms with Gasteiger partial charge in [-0.3, -0.25) is 4.79 Å². The molecule has 2 heterocycles. The third-order valence-electron chi connectivity index (χ3n) is 4.46. The van der Waals surface area contributed by atoms with E-state index in [1.54, 1.807) is 24.3 Å². The molecule has 30 heavy (non-hydrogen) atoms. The SMILES string of the molecule is CC(C)CNC(=O)c1cc2ccc(OC(=O)c3cc4ccccc4o3)cc2oc1=O. The zero-order valence-corrected chi connectivity index (χ0v) is 16.4. The first-order chi connectivity index (χ1) is 14.4. The second-order valence-electron chi connectivity index (χ2n) is 7.29. The van der Waals surface area contributed by atoms with Crippen molar-refractivity contribution >= 4 is 33.8 Å². The van der Waals surface area contributed by atoms with Crippen LogP contribution in [0.1, 0.15) is 34.8 Å². The Morgan fingerprint density at radius 3 is 2.50 bits per heavy atom. The second kappa shape index (κ2) is 7.87. The van der Waals surface area contributed by atoms with Crippen LogP contribution in [0, 0.1) is 5.92 Å². The van der Waals surface area contributed by atoms with E-state index in [2.05, 4.69) is 5.32 Å². The number of hydrogen-bond acceptors (Lipinski definition) is 6. The van der Waals surface area contributed by atoms with Crippen molar-refractivity contribution in [1.82, 2.24) is 5.32 Å². The van der Waals surface area contributed by atoms with Crippen molar-refractivity contribution in [2.75, 3.05) is 6.54 Å². The normalized spacial score (nSPS) is 11.2. The number of hydrogen-bond donors (Lipinski definition) is 1. The van der Waals surface area contributed by atoms with Gasteiger partial charge in [0.15, 0.2) is 0 Å². The maximum atomic E-state index is 12.4. The number of amides is 1. The van der Waals surface area contributed by atoms with E-state index in [1.807, 2.05) is 32.0 Å². The van der Waals surface area contributed by atoms with Crippen molar-refractivity contribution < 1.29 is 23.2 Å². The summed E-state index contributed by atoms with van der Waals surface area (Å²) in [5.74, 6) is -0.647. The van der Waals surface area contributed by atoms with Gasteiger partial charge in [0.2, 0.25) is 5.76 Å². The average molecular weight is 405 g/mol. The van der Waals surface area contributed by atoms with Crippen LogP contribution in [-0.2, 0) is 0 Å². The topological polar surface area (TPSA) is 98.8 Å². The van der Waals surface area contributed by atoms with Crippen molar-refractivity contribution in [3.05, 3.63) is 76.3 Å². The van der Waals surface area contributed by atoms with Crippen LogP contribution >= 0.6 is 0 Å². The van der Waals surface area contributed by atoms with Gasteiger partial charge in [-0.25, -0.2) is 9.59 Å². The number of carbonyl (C=O) groups excluding carboxylic acids is 2. The van der Waals surface area contributed by atoms with Gasteiger partial charge in [0, 0.05) is 23.4 Å². The number of esters is 1. The van der Waals surface area contributed by atoms with E-state index in [-0.39, 0.29) is 28.6 Å². The van der Waals surface area contributed by atoms with Crippen molar-refractivity contribution in [2.45, 2.75) is 13.8 Å². The van der Waals surface area contributed by atoms with E-state index in [1.165, 1.54) is 12.1 Å². The summed E-state index contributed by atoms with van der Waals surface area (Å²) in [6.45, 7) is 4.36. The predicted octanol–water partition coefficient (Wildman–Crippen LogP) is 4.14. The minimum Gasteiger partial charge on any atom is -0.449 e. The molecule has 1 N–H and O–H groups in total. The highest BCUT2D eigenvalue weighted by molar-refractivity contribution is 5.97. The Balaban J connectivity index is 1.57. The molecule has 4 rings (SSSR count). The minimum atomic E-state index is -0.760. The molecule has 152 valence electrons. The van der Waals surface area contributed by atoms with Gasteiger partial charge < -0.3 is 18.9 Å². The maximum Gasteiger partial charge on any atom is 0.379 e. The van der Waals surface area contributed by atoms with Crippen LogP contribution in [0.2, 0.25) is 0 Å². The molecule has 0 fully saturated rings. The summed E-state index contributed by atoms with van der Waals surface area (Å²) in [5, 5.41) is 4.02. The van der Waals surface area contributed by atoms with Crippen LogP contribution in [0.15, 0.2) is 68.2 Å². The van der Waals surface area contributed by atoms with E-state index in [0.717, 1.165) is 5.39 Å². The second-order valence-corrected chi connectivity index (χ2v) is 7.29. The highest BCUT2D eigenvalue weighted by Gasteiger charge is 2.17. The van der Waals surface area contributed by atoms with Crippen LogP contribution < -0.4 is 15.7 Å². The summed E-state index contributed by atoms with van der Waals surface area (Å²) in [6.07, 6.45) is 0. The monoisotopic (exact) mass is 405 g/mol. The molecule has 0 unspecified atom stereocenters. The van der Waals surface area contributed by atoms with E-state index >= 15 is 0 Å². The Labute approximate surface area is 171 Å². The third kappa shape index (κ3) is 3.96. The summed E-state index contributed by atoms with van der Waals surface area (Å²) in [7, 11) is 0. The molecule has 7 heteroatoms. The lowest BCUT2D eigenvalue weighted by Gasteiger charge is -2.08. The highest BCUT2D eigenvalue weighted by atomic mass is 16.5. The fraction of sp³-hybridized carbons (Fsp3) is 0.174. The predicted molar refractivity (Wildman–Crippen MR) is 111 cm³/mol. The molecule has 0 radical (unpaired) electrons. The van der Waals surface area contributed by atoms with Crippen molar-refractivity contribution in [3.63, 3.8) is 0 Å². The number of carbonyl (C=O) groups is 2. The Hall–Kier alpha value is -3.87. The molecule has 1 amide bonds. The number of furan rings is 1. The number of rotatable bonds is 5. The number of fused-ring (bicyclic) bond motifs is 2. The molecule has 0 spiro atoms. The Morgan fingerprint density at radius 2 is 1.73 bits per heavy atom. The molecular formula is C23H19NO6. The lowest BCUT2D eigenvalue weighted by molar-refractivity contribution is 0.0704. The first kappa shape index (κ1) is 19.4. The standard InChI is InChI=1S/C23H19NO6/c1-13(2)12-24-21(25)17-9-15-7-8-16(11-19(15)30-22(17)26)28-23(27)20-10-14-5-3-4-6-18(14)29-20/h3-11,13H,12H2,1-2H3,(H,24,25). The van der Waals surface area contributed by atoms with E-state index in [0.29, 0.717) is 17.5 Å². The number of benzene rings is 2. The molecule has 0 saturated carbocycles. The molecule has 0 bridgehead atoms. The molecule has 7 nitrogen and oxygen atoms in total. The first-order valence-corrected chi connectivity index (χ1v) is 9.47. The molecule has 0 aliphatic rings. The molecule has 2 aromatic heterocycles. The van der Waals surface area contributed by atoms with Crippen LogP contribution in [0.3, 0.4) is 0 Å². The van der Waals surface area contributed by atoms with E-state index in [4.69, 9.17) is 13.6 Å². The van der Waals surface area contributed by atoms with Gasteiger partial charge in [-0.2, -0.15) is 0 Å². The highest BCUT2D eigenvalue weighted by Crippen LogP contribution is 2.23. The number of para-hydroxylation sites is 1. The van der Waals surface area contributed by atoms with E-state index < -0.39 is 17.5 Å². The fourth-order valence-electron chi connectivity index (χ4n) is 2.95. The van der Waals surface area contributed by atoms with Gasteiger partial charge in [-0.05, 0) is 36.2 Å². The maximum absolute atomic E-state index is 12.4. The third-order valence-corrected chi connectivity index (χ3v) is 4.46. The smallest absolute Gasteiger partial charge is 0.379 e. The largest absolute Gasteiger partial charge is 0.449 e. The van der Waals surface area contributed by atoms with Crippen LogP contribution in [0.4, 0.5) is 0 Å². The quantitative estimate of drug-likeness (QED) is 0.304. The summed E-state index contributed by atoms with van der Waals surface area (Å²) in [6, 6.07) is 14.9. The molecule has 0 aliphatic carbocycles. The zero-order valence-electron chi connectivity index (χ0n) is 16.4. The summed E-state index contributed by atoms with van der Waals surface area (Å²) >= 11 is 0. The van der Waals surface area contributed by atoms with Gasteiger partial charge in [0.1, 0.15) is 22.5 Å². The van der Waals surface area contributed by atoms with Crippen molar-refractivity contribution in [2.24, 2.45) is 5.92 Å².